The van der Waals surface area contributed by atoms with Gasteiger partial charge in [-0.05, 0) is 68.4 Å². The van der Waals surface area contributed by atoms with Crippen molar-refractivity contribution in [1.29, 1.82) is 0 Å². The predicted molar refractivity (Wildman–Crippen MR) is 177 cm³/mol. The Labute approximate surface area is 286 Å². The molecule has 16 heteroatoms. The monoisotopic (exact) mass is 724 g/mol. The van der Waals surface area contributed by atoms with Gasteiger partial charge in [0.1, 0.15) is 17.4 Å². The molecule has 3 aromatic carbocycles. The number of alkyl halides is 3. The number of piperazine rings is 2. The zero-order valence-corrected chi connectivity index (χ0v) is 28.5. The number of halogens is 5. The second-order valence-corrected chi connectivity index (χ2v) is 13.8. The summed E-state index contributed by atoms with van der Waals surface area (Å²) >= 11 is 0. The summed E-state index contributed by atoms with van der Waals surface area (Å²) < 4.78 is 94.7. The Morgan fingerprint density at radius 3 is 1.70 bits per heavy atom. The number of hydrogen-bond donors (Lipinski definition) is 1. The zero-order chi connectivity index (χ0) is 36.8. The van der Waals surface area contributed by atoms with E-state index in [9.17, 15) is 44.8 Å². The third-order valence-corrected chi connectivity index (χ3v) is 9.18. The van der Waals surface area contributed by atoms with Crippen molar-refractivity contribution in [2.45, 2.75) is 24.9 Å². The summed E-state index contributed by atoms with van der Waals surface area (Å²) in [4.78, 5) is 40.4. The molecule has 2 fully saturated rings. The number of Topliss-reactive ketones (excluding diaryl/α,β-unsaturated/α-hetero) is 2. The maximum absolute atomic E-state index is 14.5. The first-order chi connectivity index (χ1) is 23.4. The highest BCUT2D eigenvalue weighted by atomic mass is 32.2. The summed E-state index contributed by atoms with van der Waals surface area (Å²) in [5.74, 6) is -2.37. The third kappa shape index (κ3) is 10.00. The molecule has 2 heterocycles. The number of sulfone groups is 1. The molecule has 0 aliphatic carbocycles. The van der Waals surface area contributed by atoms with Gasteiger partial charge in [0, 0.05) is 69.7 Å². The fraction of sp³-hybridized carbons (Fsp3) is 0.382. The number of nitrogens with zero attached hydrogens (tertiary/aromatic N) is 3. The summed E-state index contributed by atoms with van der Waals surface area (Å²) in [5.41, 5.74) is 1.19. The van der Waals surface area contributed by atoms with Gasteiger partial charge in [0.2, 0.25) is 0 Å². The minimum Gasteiger partial charge on any atom is -0.483 e. The van der Waals surface area contributed by atoms with Gasteiger partial charge in [-0.15, -0.1) is 0 Å². The van der Waals surface area contributed by atoms with Crippen molar-refractivity contribution in [3.63, 3.8) is 0 Å². The van der Waals surface area contributed by atoms with Crippen molar-refractivity contribution >= 4 is 38.7 Å². The second kappa shape index (κ2) is 16.0. The molecule has 0 unspecified atom stereocenters. The van der Waals surface area contributed by atoms with Crippen LogP contribution in [0.15, 0.2) is 59.5 Å². The quantitative estimate of drug-likeness (QED) is 0.259. The molecule has 270 valence electrons. The summed E-state index contributed by atoms with van der Waals surface area (Å²) in [7, 11) is -3.73. The smallest absolute Gasteiger partial charge is 0.422 e. The number of amides is 1. The SMILES string of the molecule is CC(=O)c1ccc(N2CCN(C(=O)c3cc(S(C)(=O)=O)ccc3OCC(F)(F)F)CC2)c(F)c1.CC(=O)c1ccc(N2CCNCC2)c(F)c1. The molecule has 50 heavy (non-hydrogen) atoms. The van der Waals surface area contributed by atoms with E-state index in [1.807, 2.05) is 4.90 Å². The number of carbonyl (C=O) groups is 3. The molecular weight excluding hydrogens is 687 g/mol. The maximum Gasteiger partial charge on any atom is 0.422 e. The van der Waals surface area contributed by atoms with Gasteiger partial charge in [-0.3, -0.25) is 14.4 Å². The van der Waals surface area contributed by atoms with Gasteiger partial charge in [-0.1, -0.05) is 0 Å². The third-order valence-electron chi connectivity index (χ3n) is 8.07. The van der Waals surface area contributed by atoms with E-state index >= 15 is 0 Å². The number of carbonyl (C=O) groups excluding carboxylic acids is 3. The topological polar surface area (TPSA) is 116 Å². The van der Waals surface area contributed by atoms with E-state index < -0.39 is 34.3 Å². The summed E-state index contributed by atoms with van der Waals surface area (Å²) in [5, 5.41) is 3.22. The normalized spacial score (nSPS) is 15.2. The molecule has 0 radical (unpaired) electrons. The van der Waals surface area contributed by atoms with Gasteiger partial charge in [-0.25, -0.2) is 17.2 Å². The molecule has 3 aromatic rings. The number of rotatable bonds is 8. The van der Waals surface area contributed by atoms with Crippen LogP contribution in [0.2, 0.25) is 0 Å². The first kappa shape index (κ1) is 38.2. The van der Waals surface area contributed by atoms with E-state index in [0.717, 1.165) is 56.7 Å². The van der Waals surface area contributed by atoms with Crippen molar-refractivity contribution < 1.29 is 49.5 Å². The summed E-state index contributed by atoms with van der Waals surface area (Å²) in [6.07, 6.45) is -3.74. The Morgan fingerprint density at radius 1 is 0.760 bits per heavy atom. The lowest BCUT2D eigenvalue weighted by atomic mass is 10.1. The average Bonchev–Trinajstić information content (AvgIpc) is 3.07. The lowest BCUT2D eigenvalue weighted by Crippen LogP contribution is -2.49. The first-order valence-electron chi connectivity index (χ1n) is 15.6. The lowest BCUT2D eigenvalue weighted by Gasteiger charge is -2.36. The van der Waals surface area contributed by atoms with E-state index in [2.05, 4.69) is 5.32 Å². The van der Waals surface area contributed by atoms with Gasteiger partial charge in [0.05, 0.1) is 21.8 Å². The molecule has 0 bridgehead atoms. The van der Waals surface area contributed by atoms with Crippen LogP contribution in [0.25, 0.3) is 0 Å². The van der Waals surface area contributed by atoms with Crippen LogP contribution in [0.5, 0.6) is 5.75 Å². The molecule has 2 saturated heterocycles. The Hall–Kier alpha value is -4.57. The van der Waals surface area contributed by atoms with Crippen LogP contribution < -0.4 is 19.9 Å². The molecule has 2 aliphatic heterocycles. The molecule has 2 aliphatic rings. The second-order valence-electron chi connectivity index (χ2n) is 11.8. The van der Waals surface area contributed by atoms with Gasteiger partial charge in [0.15, 0.2) is 28.0 Å². The molecule has 0 aromatic heterocycles. The minimum atomic E-state index is -4.65. The Balaban J connectivity index is 0.000000291. The van der Waals surface area contributed by atoms with Crippen molar-refractivity contribution in [2.24, 2.45) is 0 Å². The molecule has 1 amide bonds. The Bertz CT molecular complexity index is 1840. The Morgan fingerprint density at radius 2 is 1.26 bits per heavy atom. The highest BCUT2D eigenvalue weighted by Gasteiger charge is 2.31. The predicted octanol–water partition coefficient (Wildman–Crippen LogP) is 4.77. The zero-order valence-electron chi connectivity index (χ0n) is 27.6. The number of anilines is 2. The average molecular weight is 725 g/mol. The van der Waals surface area contributed by atoms with Crippen molar-refractivity contribution in [1.82, 2.24) is 10.2 Å². The highest BCUT2D eigenvalue weighted by Crippen LogP contribution is 2.28. The first-order valence-corrected chi connectivity index (χ1v) is 17.5. The lowest BCUT2D eigenvalue weighted by molar-refractivity contribution is -0.153. The number of hydrogen-bond acceptors (Lipinski definition) is 9. The summed E-state index contributed by atoms with van der Waals surface area (Å²) in [6, 6.07) is 11.9. The van der Waals surface area contributed by atoms with Crippen LogP contribution >= 0.6 is 0 Å². The number of nitrogens with one attached hydrogen (secondary N) is 1. The van der Waals surface area contributed by atoms with Crippen LogP contribution in [0.4, 0.5) is 33.3 Å². The van der Waals surface area contributed by atoms with E-state index in [0.29, 0.717) is 11.3 Å². The van der Waals surface area contributed by atoms with E-state index in [1.165, 1.54) is 36.9 Å². The highest BCUT2D eigenvalue weighted by molar-refractivity contribution is 7.90. The number of benzene rings is 3. The largest absolute Gasteiger partial charge is 0.483 e. The van der Waals surface area contributed by atoms with Crippen LogP contribution in [-0.4, -0.2) is 102 Å². The number of ether oxygens (including phenoxy) is 1. The van der Waals surface area contributed by atoms with Crippen molar-refractivity contribution in [2.75, 3.05) is 75.0 Å². The molecule has 0 saturated carbocycles. The molecule has 0 spiro atoms. The van der Waals surface area contributed by atoms with E-state index in [-0.39, 0.29) is 71.0 Å². The molecule has 5 rings (SSSR count). The van der Waals surface area contributed by atoms with Gasteiger partial charge >= 0.3 is 6.18 Å². The van der Waals surface area contributed by atoms with Crippen LogP contribution in [-0.2, 0) is 9.84 Å². The van der Waals surface area contributed by atoms with Crippen LogP contribution in [0.3, 0.4) is 0 Å². The van der Waals surface area contributed by atoms with Crippen molar-refractivity contribution in [3.05, 3.63) is 82.9 Å². The number of ketones is 2. The molecule has 1 N–H and O–H groups in total. The summed E-state index contributed by atoms with van der Waals surface area (Å²) in [6.45, 7) is 5.11. The molecular formula is C34H37F5N4O6S. The van der Waals surface area contributed by atoms with E-state index in [1.54, 1.807) is 17.0 Å². The minimum absolute atomic E-state index is 0.106. The van der Waals surface area contributed by atoms with Crippen molar-refractivity contribution in [3.8, 4) is 5.75 Å². The standard InChI is InChI=1S/C22H22F4N2O5S.C12H15FN2O/c1-14(29)15-3-5-19(18(23)11-15)27-7-9-28(10-8-27)21(30)17-12-16(34(2,31)32)4-6-20(17)33-13-22(24,25)26;1-9(16)10-2-3-12(11(13)8-10)15-6-4-14-5-7-15/h3-6,11-12H,7-10,13H2,1-2H3;2-3,8,14H,4-7H2,1H3. The van der Waals surface area contributed by atoms with Gasteiger partial charge < -0.3 is 24.8 Å². The van der Waals surface area contributed by atoms with E-state index in [4.69, 9.17) is 4.74 Å². The molecule has 10 nitrogen and oxygen atoms in total. The van der Waals surface area contributed by atoms with Gasteiger partial charge in [0.25, 0.3) is 5.91 Å². The maximum atomic E-state index is 14.5. The van der Waals surface area contributed by atoms with Crippen LogP contribution in [0.1, 0.15) is 44.9 Å². The van der Waals surface area contributed by atoms with Crippen LogP contribution in [0, 0.1) is 11.6 Å². The van der Waals surface area contributed by atoms with Gasteiger partial charge in [-0.2, -0.15) is 13.2 Å². The fourth-order valence-corrected chi connectivity index (χ4v) is 6.03. The molecule has 0 atom stereocenters. The fourth-order valence-electron chi connectivity index (χ4n) is 5.38. The Kier molecular flexibility index (Phi) is 12.2.